The van der Waals surface area contributed by atoms with Crippen LogP contribution in [0.4, 0.5) is 0 Å². The molecule has 0 fully saturated rings. The summed E-state index contributed by atoms with van der Waals surface area (Å²) < 4.78 is 0. The van der Waals surface area contributed by atoms with E-state index in [0.717, 1.165) is 5.70 Å². The molecule has 0 heterocycles. The van der Waals surface area contributed by atoms with Crippen LogP contribution in [0.25, 0.3) is 0 Å². The highest BCUT2D eigenvalue weighted by Gasteiger charge is 1.85. The Labute approximate surface area is 72.6 Å². The molecule has 0 bridgehead atoms. The third-order valence-electron chi connectivity index (χ3n) is 0.869. The van der Waals surface area contributed by atoms with Crippen LogP contribution in [0.1, 0.15) is 13.8 Å². The zero-order valence-corrected chi connectivity index (χ0v) is 7.46. The fraction of sp³-hybridized carbons (Fsp3) is 0.250. The molecular weight excluding hydrogens is 152 g/mol. The maximum atomic E-state index is 5.18. The lowest BCUT2D eigenvalue weighted by Gasteiger charge is -2.00. The van der Waals surface area contributed by atoms with E-state index < -0.39 is 0 Å². The Morgan fingerprint density at radius 3 is 2.42 bits per heavy atom. The minimum absolute atomic E-state index is 0.238. The topological polar surface area (TPSA) is 62.8 Å². The van der Waals surface area contributed by atoms with Crippen LogP contribution < -0.4 is 11.1 Å². The molecule has 0 saturated carbocycles. The first-order valence-corrected chi connectivity index (χ1v) is 3.46. The number of nitrogens with one attached hydrogen (secondary N) is 1. The molecule has 0 aliphatic rings. The molecule has 0 amide bonds. The van der Waals surface area contributed by atoms with Crippen molar-refractivity contribution in [2.24, 2.45) is 15.7 Å². The van der Waals surface area contributed by atoms with Gasteiger partial charge in [-0.15, -0.1) is 0 Å². The quantitative estimate of drug-likeness (QED) is 0.485. The van der Waals surface area contributed by atoms with Gasteiger partial charge in [0.25, 0.3) is 0 Å². The predicted molar refractivity (Wildman–Crippen MR) is 52.9 cm³/mol. The fourth-order valence-corrected chi connectivity index (χ4v) is 0.531. The van der Waals surface area contributed by atoms with Crippen LogP contribution >= 0.6 is 0 Å². The number of hydrogen-bond donors (Lipinski definition) is 2. The summed E-state index contributed by atoms with van der Waals surface area (Å²) in [6.07, 6.45) is 1.34. The summed E-state index contributed by atoms with van der Waals surface area (Å²) in [5.41, 5.74) is 6.01. The van der Waals surface area contributed by atoms with Gasteiger partial charge in [-0.2, -0.15) is 0 Å². The smallest absolute Gasteiger partial charge is 0.119 e. The number of nitrogens with zero attached hydrogens (tertiary/aromatic N) is 2. The van der Waals surface area contributed by atoms with E-state index in [0.29, 0.717) is 5.84 Å². The van der Waals surface area contributed by atoms with Gasteiger partial charge in [0.05, 0.1) is 0 Å². The first-order valence-electron chi connectivity index (χ1n) is 3.46. The molecule has 0 aliphatic carbocycles. The lowest BCUT2D eigenvalue weighted by Crippen LogP contribution is -2.17. The molecular formula is C8H14N4. The van der Waals surface area contributed by atoms with E-state index in [1.807, 2.05) is 6.92 Å². The summed E-state index contributed by atoms with van der Waals surface area (Å²) in [5, 5.41) is 2.91. The van der Waals surface area contributed by atoms with Gasteiger partial charge in [0.1, 0.15) is 18.0 Å². The summed E-state index contributed by atoms with van der Waals surface area (Å²) in [7, 11) is 0. The second-order valence-corrected chi connectivity index (χ2v) is 2.36. The van der Waals surface area contributed by atoms with E-state index in [-0.39, 0.29) is 5.82 Å². The van der Waals surface area contributed by atoms with Gasteiger partial charge in [0.15, 0.2) is 0 Å². The Hall–Kier alpha value is -1.58. The SMILES string of the molecule is C=C(N)/N=C\N=C(/C)NC(=C)C. The standard InChI is InChI=1S/C8H14N4/c1-6(2)12-8(4)11-5-10-7(3)9/h5H,1,3,9H2,2,4H3,(H,10,11,12). The molecule has 4 nitrogen and oxygen atoms in total. The normalized spacial score (nSPS) is 11.7. The molecule has 0 aliphatic heterocycles. The van der Waals surface area contributed by atoms with Crippen molar-refractivity contribution in [3.63, 3.8) is 0 Å². The van der Waals surface area contributed by atoms with Gasteiger partial charge >= 0.3 is 0 Å². The van der Waals surface area contributed by atoms with Crippen molar-refractivity contribution >= 4 is 12.2 Å². The second kappa shape index (κ2) is 5.12. The van der Waals surface area contributed by atoms with Crippen LogP contribution in [0.2, 0.25) is 0 Å². The summed E-state index contributed by atoms with van der Waals surface area (Å²) in [4.78, 5) is 7.59. The van der Waals surface area contributed by atoms with Gasteiger partial charge in [0.2, 0.25) is 0 Å². The first-order chi connectivity index (χ1) is 5.52. The zero-order chi connectivity index (χ0) is 9.56. The molecule has 4 heteroatoms. The van der Waals surface area contributed by atoms with Crippen LogP contribution in [0.15, 0.2) is 34.7 Å². The van der Waals surface area contributed by atoms with Gasteiger partial charge in [-0.05, 0) is 13.8 Å². The van der Waals surface area contributed by atoms with Crippen molar-refractivity contribution in [3.8, 4) is 0 Å². The van der Waals surface area contributed by atoms with Crippen molar-refractivity contribution in [1.29, 1.82) is 0 Å². The minimum atomic E-state index is 0.238. The van der Waals surface area contributed by atoms with Gasteiger partial charge in [-0.25, -0.2) is 9.98 Å². The molecule has 0 rings (SSSR count). The molecule has 66 valence electrons. The maximum absolute atomic E-state index is 5.18. The second-order valence-electron chi connectivity index (χ2n) is 2.36. The van der Waals surface area contributed by atoms with Crippen molar-refractivity contribution in [3.05, 3.63) is 24.7 Å². The van der Waals surface area contributed by atoms with Crippen LogP contribution in [-0.4, -0.2) is 12.2 Å². The average molecular weight is 166 g/mol. The minimum Gasteiger partial charge on any atom is -0.384 e. The number of amidine groups is 1. The van der Waals surface area contributed by atoms with Gasteiger partial charge in [-0.3, -0.25) is 0 Å². The van der Waals surface area contributed by atoms with Gasteiger partial charge < -0.3 is 11.1 Å². The molecule has 0 aromatic rings. The zero-order valence-electron chi connectivity index (χ0n) is 7.46. The molecule has 0 spiro atoms. The van der Waals surface area contributed by atoms with E-state index in [2.05, 4.69) is 28.5 Å². The average Bonchev–Trinajstić information content (AvgIpc) is 1.84. The predicted octanol–water partition coefficient (Wildman–Crippen LogP) is 0.986. The fourth-order valence-electron chi connectivity index (χ4n) is 0.531. The molecule has 3 N–H and O–H groups in total. The Bertz CT molecular complexity index is 237. The number of aliphatic imine (C=N–C) groups is 2. The lowest BCUT2D eigenvalue weighted by molar-refractivity contribution is 1.12. The Morgan fingerprint density at radius 1 is 1.42 bits per heavy atom. The van der Waals surface area contributed by atoms with E-state index in [4.69, 9.17) is 5.73 Å². The third kappa shape index (κ3) is 6.54. The number of nitrogens with two attached hydrogens (primary N) is 1. The van der Waals surface area contributed by atoms with Crippen LogP contribution in [0.3, 0.4) is 0 Å². The van der Waals surface area contributed by atoms with Crippen LogP contribution in [-0.2, 0) is 0 Å². The highest BCUT2D eigenvalue weighted by Crippen LogP contribution is 1.81. The van der Waals surface area contributed by atoms with Crippen molar-refractivity contribution in [2.45, 2.75) is 13.8 Å². The molecule has 0 unspecified atom stereocenters. The van der Waals surface area contributed by atoms with E-state index >= 15 is 0 Å². The van der Waals surface area contributed by atoms with Crippen LogP contribution in [0, 0.1) is 0 Å². The van der Waals surface area contributed by atoms with Gasteiger partial charge in [-0.1, -0.05) is 13.2 Å². The van der Waals surface area contributed by atoms with E-state index in [1.165, 1.54) is 6.34 Å². The molecule has 0 aromatic carbocycles. The highest BCUT2D eigenvalue weighted by molar-refractivity contribution is 5.87. The summed E-state index contributed by atoms with van der Waals surface area (Å²) in [6, 6.07) is 0. The summed E-state index contributed by atoms with van der Waals surface area (Å²) in [6.45, 7) is 10.7. The van der Waals surface area contributed by atoms with E-state index in [9.17, 15) is 0 Å². The number of rotatable bonds is 3. The van der Waals surface area contributed by atoms with Gasteiger partial charge in [0, 0.05) is 5.70 Å². The lowest BCUT2D eigenvalue weighted by atomic mass is 10.5. The Morgan fingerprint density at radius 2 is 2.00 bits per heavy atom. The van der Waals surface area contributed by atoms with Crippen molar-refractivity contribution < 1.29 is 0 Å². The maximum Gasteiger partial charge on any atom is 0.119 e. The number of hydrogen-bond acceptors (Lipinski definition) is 2. The van der Waals surface area contributed by atoms with E-state index in [1.54, 1.807) is 6.92 Å². The van der Waals surface area contributed by atoms with Crippen molar-refractivity contribution in [1.82, 2.24) is 5.32 Å². The third-order valence-corrected chi connectivity index (χ3v) is 0.869. The molecule has 0 aromatic heterocycles. The summed E-state index contributed by atoms with van der Waals surface area (Å²) >= 11 is 0. The first kappa shape index (κ1) is 10.4. The largest absolute Gasteiger partial charge is 0.384 e. The van der Waals surface area contributed by atoms with Crippen LogP contribution in [0.5, 0.6) is 0 Å². The Kier molecular flexibility index (Phi) is 4.45. The number of allylic oxidation sites excluding steroid dienone is 1. The summed E-state index contributed by atoms with van der Waals surface area (Å²) in [5.74, 6) is 0.953. The Balaban J connectivity index is 4.00. The molecule has 0 radical (unpaired) electrons. The van der Waals surface area contributed by atoms with Crippen molar-refractivity contribution in [2.75, 3.05) is 0 Å². The highest BCUT2D eigenvalue weighted by atomic mass is 15.0. The molecule has 0 atom stereocenters. The monoisotopic (exact) mass is 166 g/mol. The molecule has 12 heavy (non-hydrogen) atoms. The molecule has 0 saturated heterocycles.